The molecule has 0 aromatic heterocycles. The minimum Gasteiger partial charge on any atom is -0.325 e. The number of nitrogens with one attached hydrogen (secondary N) is 1. The number of rotatable bonds is 9. The minimum absolute atomic E-state index is 0.0961. The van der Waals surface area contributed by atoms with Gasteiger partial charge in [-0.2, -0.15) is 0 Å². The van der Waals surface area contributed by atoms with Crippen molar-refractivity contribution in [3.05, 3.63) is 65.7 Å². The van der Waals surface area contributed by atoms with Gasteiger partial charge in [-0.05, 0) is 48.9 Å². The Labute approximate surface area is 155 Å². The number of anilines is 1. The van der Waals surface area contributed by atoms with E-state index in [1.54, 1.807) is 0 Å². The van der Waals surface area contributed by atoms with Crippen molar-refractivity contribution in [3.8, 4) is 0 Å². The quantitative estimate of drug-likeness (QED) is 0.706. The third-order valence-electron chi connectivity index (χ3n) is 4.10. The van der Waals surface area contributed by atoms with Gasteiger partial charge in [0.1, 0.15) is 9.84 Å². The highest BCUT2D eigenvalue weighted by Crippen LogP contribution is 2.14. The van der Waals surface area contributed by atoms with Gasteiger partial charge < -0.3 is 11.1 Å². The molecule has 0 aliphatic rings. The second-order valence-corrected chi connectivity index (χ2v) is 8.81. The Kier molecular flexibility index (Phi) is 7.36. The Morgan fingerprint density at radius 2 is 1.69 bits per heavy atom. The molecule has 0 bridgehead atoms. The van der Waals surface area contributed by atoms with Gasteiger partial charge in [0.2, 0.25) is 5.91 Å². The number of sulfone groups is 1. The first-order chi connectivity index (χ1) is 12.3. The molecule has 5 nitrogen and oxygen atoms in total. The van der Waals surface area contributed by atoms with Crippen molar-refractivity contribution >= 4 is 21.4 Å². The van der Waals surface area contributed by atoms with Crippen molar-refractivity contribution in [1.29, 1.82) is 0 Å². The lowest BCUT2D eigenvalue weighted by Gasteiger charge is -2.12. The van der Waals surface area contributed by atoms with Gasteiger partial charge in [-0.3, -0.25) is 4.79 Å². The molecule has 0 spiro atoms. The fraction of sp³-hybridized carbons (Fsp3) is 0.350. The van der Waals surface area contributed by atoms with Crippen molar-refractivity contribution in [2.75, 3.05) is 17.3 Å². The summed E-state index contributed by atoms with van der Waals surface area (Å²) in [6.45, 7) is 0. The van der Waals surface area contributed by atoms with Gasteiger partial charge in [-0.25, -0.2) is 8.42 Å². The van der Waals surface area contributed by atoms with E-state index in [9.17, 15) is 13.2 Å². The van der Waals surface area contributed by atoms with Crippen LogP contribution >= 0.6 is 0 Å². The van der Waals surface area contributed by atoms with E-state index in [2.05, 4.69) is 17.4 Å². The zero-order chi connectivity index (χ0) is 19.0. The van der Waals surface area contributed by atoms with Gasteiger partial charge in [0.15, 0.2) is 0 Å². The van der Waals surface area contributed by atoms with E-state index >= 15 is 0 Å². The molecule has 140 valence electrons. The highest BCUT2D eigenvalue weighted by atomic mass is 32.2. The molecule has 2 aromatic carbocycles. The summed E-state index contributed by atoms with van der Waals surface area (Å²) in [7, 11) is -3.13. The van der Waals surface area contributed by atoms with Crippen LogP contribution in [0.25, 0.3) is 0 Å². The second kappa shape index (κ2) is 9.50. The highest BCUT2D eigenvalue weighted by Gasteiger charge is 2.16. The van der Waals surface area contributed by atoms with E-state index in [0.29, 0.717) is 5.69 Å². The maximum absolute atomic E-state index is 12.1. The predicted molar refractivity (Wildman–Crippen MR) is 106 cm³/mol. The molecule has 0 aliphatic heterocycles. The lowest BCUT2D eigenvalue weighted by atomic mass is 10.0. The molecule has 2 aromatic rings. The molecule has 1 amide bonds. The molecule has 0 fully saturated rings. The summed E-state index contributed by atoms with van der Waals surface area (Å²) in [4.78, 5) is 12.1. The maximum Gasteiger partial charge on any atom is 0.241 e. The standard InChI is InChI=1S/C20H26N2O3S/c1-26(24,25)14-13-19(21)20(23)22-18-12-6-11-17(15-18)10-5-9-16-7-3-2-4-8-16/h2-4,6-8,11-12,15,19H,5,9-10,13-14,21H2,1H3,(H,22,23). The Hall–Kier alpha value is -2.18. The summed E-state index contributed by atoms with van der Waals surface area (Å²) in [6, 6.07) is 17.2. The number of benzene rings is 2. The number of hydrogen-bond acceptors (Lipinski definition) is 4. The molecule has 1 atom stereocenters. The fourth-order valence-electron chi connectivity index (χ4n) is 2.65. The Balaban J connectivity index is 1.84. The molecule has 1 unspecified atom stereocenters. The fourth-order valence-corrected chi connectivity index (χ4v) is 3.34. The van der Waals surface area contributed by atoms with Crippen molar-refractivity contribution < 1.29 is 13.2 Å². The van der Waals surface area contributed by atoms with E-state index in [0.717, 1.165) is 31.1 Å². The van der Waals surface area contributed by atoms with Gasteiger partial charge in [0.05, 0.1) is 11.8 Å². The van der Waals surface area contributed by atoms with Crippen LogP contribution in [-0.2, 0) is 27.5 Å². The number of nitrogens with two attached hydrogens (primary N) is 1. The summed E-state index contributed by atoms with van der Waals surface area (Å²) in [6.07, 6.45) is 4.19. The first kappa shape index (κ1) is 20.1. The van der Waals surface area contributed by atoms with Crippen LogP contribution in [0.2, 0.25) is 0 Å². The SMILES string of the molecule is CS(=O)(=O)CCC(N)C(=O)Nc1cccc(CCCc2ccccc2)c1. The predicted octanol–water partition coefficient (Wildman–Crippen LogP) is 2.56. The number of aryl methyl sites for hydroxylation is 2. The van der Waals surface area contributed by atoms with Crippen LogP contribution in [0.4, 0.5) is 5.69 Å². The Morgan fingerprint density at radius 3 is 2.38 bits per heavy atom. The van der Waals surface area contributed by atoms with Crippen LogP contribution in [0.15, 0.2) is 54.6 Å². The van der Waals surface area contributed by atoms with Gasteiger partial charge >= 0.3 is 0 Å². The third kappa shape index (κ3) is 7.37. The summed E-state index contributed by atoms with van der Waals surface area (Å²) < 4.78 is 22.4. The van der Waals surface area contributed by atoms with Gasteiger partial charge in [0, 0.05) is 11.9 Å². The van der Waals surface area contributed by atoms with Crippen LogP contribution in [0.5, 0.6) is 0 Å². The van der Waals surface area contributed by atoms with E-state index < -0.39 is 15.9 Å². The highest BCUT2D eigenvalue weighted by molar-refractivity contribution is 7.90. The Bertz CT molecular complexity index is 820. The molecule has 0 aliphatic carbocycles. The zero-order valence-corrected chi connectivity index (χ0v) is 15.8. The van der Waals surface area contributed by atoms with Crippen LogP contribution in [0.3, 0.4) is 0 Å². The summed E-state index contributed by atoms with van der Waals surface area (Å²) in [5.74, 6) is -0.462. The summed E-state index contributed by atoms with van der Waals surface area (Å²) in [5.41, 5.74) is 8.92. The topological polar surface area (TPSA) is 89.3 Å². The molecule has 2 rings (SSSR count). The number of carbonyl (C=O) groups is 1. The smallest absolute Gasteiger partial charge is 0.241 e. The largest absolute Gasteiger partial charge is 0.325 e. The summed E-state index contributed by atoms with van der Waals surface area (Å²) >= 11 is 0. The van der Waals surface area contributed by atoms with Crippen molar-refractivity contribution in [2.45, 2.75) is 31.7 Å². The second-order valence-electron chi connectivity index (χ2n) is 6.55. The molecule has 0 saturated heterocycles. The lowest BCUT2D eigenvalue weighted by Crippen LogP contribution is -2.37. The first-order valence-electron chi connectivity index (χ1n) is 8.70. The monoisotopic (exact) mass is 374 g/mol. The molecular formula is C20H26N2O3S. The van der Waals surface area contributed by atoms with Crippen molar-refractivity contribution in [2.24, 2.45) is 5.73 Å². The summed E-state index contributed by atoms with van der Waals surface area (Å²) in [5, 5.41) is 2.77. The molecule has 26 heavy (non-hydrogen) atoms. The zero-order valence-electron chi connectivity index (χ0n) is 15.0. The van der Waals surface area contributed by atoms with Gasteiger partial charge in [-0.15, -0.1) is 0 Å². The van der Waals surface area contributed by atoms with Crippen molar-refractivity contribution in [1.82, 2.24) is 0 Å². The van der Waals surface area contributed by atoms with Gasteiger partial charge in [0.25, 0.3) is 0 Å². The molecule has 6 heteroatoms. The van der Waals surface area contributed by atoms with E-state index in [4.69, 9.17) is 5.73 Å². The average molecular weight is 375 g/mol. The first-order valence-corrected chi connectivity index (χ1v) is 10.8. The molecular weight excluding hydrogens is 348 g/mol. The van der Waals surface area contributed by atoms with Crippen LogP contribution < -0.4 is 11.1 Å². The Morgan fingerprint density at radius 1 is 1.04 bits per heavy atom. The number of carbonyl (C=O) groups excluding carboxylic acids is 1. The average Bonchev–Trinajstić information content (AvgIpc) is 2.60. The minimum atomic E-state index is -3.13. The third-order valence-corrected chi connectivity index (χ3v) is 5.08. The molecule has 3 N–H and O–H groups in total. The molecule has 0 heterocycles. The normalized spacial score (nSPS) is 12.5. The van der Waals surface area contributed by atoms with Crippen molar-refractivity contribution in [3.63, 3.8) is 0 Å². The van der Waals surface area contributed by atoms with E-state index in [1.165, 1.54) is 5.56 Å². The number of hydrogen-bond donors (Lipinski definition) is 2. The van der Waals surface area contributed by atoms with Crippen LogP contribution in [-0.4, -0.2) is 32.4 Å². The maximum atomic E-state index is 12.1. The molecule has 0 saturated carbocycles. The lowest BCUT2D eigenvalue weighted by molar-refractivity contribution is -0.117. The molecule has 0 radical (unpaired) electrons. The van der Waals surface area contributed by atoms with Crippen LogP contribution in [0, 0.1) is 0 Å². The van der Waals surface area contributed by atoms with E-state index in [-0.39, 0.29) is 18.1 Å². The van der Waals surface area contributed by atoms with Crippen LogP contribution in [0.1, 0.15) is 24.0 Å². The van der Waals surface area contributed by atoms with E-state index in [1.807, 2.05) is 42.5 Å². The van der Waals surface area contributed by atoms with Gasteiger partial charge in [-0.1, -0.05) is 42.5 Å². The number of amides is 1.